The number of carbonyl (C=O) groups excluding carboxylic acids is 1. The third-order valence-corrected chi connectivity index (χ3v) is 3.07. The minimum atomic E-state index is -0.250. The van der Waals surface area contributed by atoms with Gasteiger partial charge < -0.3 is 14.8 Å². The van der Waals surface area contributed by atoms with Gasteiger partial charge in [0.1, 0.15) is 16.1 Å². The van der Waals surface area contributed by atoms with Gasteiger partial charge in [-0.05, 0) is 28.1 Å². The third kappa shape index (κ3) is 3.48. The van der Waals surface area contributed by atoms with Gasteiger partial charge in [-0.25, -0.2) is 4.98 Å². The molecule has 20 heavy (non-hydrogen) atoms. The van der Waals surface area contributed by atoms with Crippen molar-refractivity contribution in [2.45, 2.75) is 0 Å². The van der Waals surface area contributed by atoms with Crippen LogP contribution >= 0.6 is 15.9 Å². The van der Waals surface area contributed by atoms with Crippen LogP contribution in [0, 0.1) is 0 Å². The Morgan fingerprint density at radius 3 is 2.30 bits per heavy atom. The summed E-state index contributed by atoms with van der Waals surface area (Å²) in [7, 11) is 3.11. The van der Waals surface area contributed by atoms with E-state index in [9.17, 15) is 4.79 Å². The number of pyridine rings is 1. The number of halogens is 1. The van der Waals surface area contributed by atoms with Crippen molar-refractivity contribution in [3.05, 3.63) is 46.7 Å². The highest BCUT2D eigenvalue weighted by atomic mass is 79.9. The summed E-state index contributed by atoms with van der Waals surface area (Å²) in [5, 5.41) is 2.77. The summed E-state index contributed by atoms with van der Waals surface area (Å²) in [5.41, 5.74) is 1.06. The Morgan fingerprint density at radius 1 is 1.15 bits per heavy atom. The Bertz CT molecular complexity index is 592. The lowest BCUT2D eigenvalue weighted by molar-refractivity contribution is 0.102. The lowest BCUT2D eigenvalue weighted by Gasteiger charge is -2.09. The average Bonchev–Trinajstić information content (AvgIpc) is 2.47. The van der Waals surface area contributed by atoms with Crippen LogP contribution in [0.1, 0.15) is 10.4 Å². The molecule has 1 aromatic heterocycles. The van der Waals surface area contributed by atoms with Crippen LogP contribution in [-0.4, -0.2) is 25.1 Å². The van der Waals surface area contributed by atoms with Gasteiger partial charge in [0.05, 0.1) is 19.8 Å². The number of aromatic nitrogens is 1. The van der Waals surface area contributed by atoms with Gasteiger partial charge in [-0.15, -0.1) is 0 Å². The van der Waals surface area contributed by atoms with Gasteiger partial charge in [-0.1, -0.05) is 0 Å². The molecule has 0 aliphatic heterocycles. The molecule has 0 aliphatic carbocycles. The number of amides is 1. The Hall–Kier alpha value is -2.08. The number of methoxy groups -OCH3 is 2. The molecule has 1 heterocycles. The normalized spacial score (nSPS) is 9.95. The minimum absolute atomic E-state index is 0.250. The largest absolute Gasteiger partial charge is 0.497 e. The van der Waals surface area contributed by atoms with Crippen LogP contribution in [0.3, 0.4) is 0 Å². The highest BCUT2D eigenvalue weighted by Gasteiger charge is 2.08. The van der Waals surface area contributed by atoms with Crippen molar-refractivity contribution in [1.82, 2.24) is 4.98 Å². The highest BCUT2D eigenvalue weighted by Crippen LogP contribution is 2.26. The average molecular weight is 337 g/mol. The van der Waals surface area contributed by atoms with E-state index in [0.29, 0.717) is 27.4 Å². The Kier molecular flexibility index (Phi) is 4.57. The monoisotopic (exact) mass is 336 g/mol. The summed E-state index contributed by atoms with van der Waals surface area (Å²) in [6.07, 6.45) is 1.50. The topological polar surface area (TPSA) is 60.5 Å². The van der Waals surface area contributed by atoms with Crippen LogP contribution in [0.25, 0.3) is 0 Å². The summed E-state index contributed by atoms with van der Waals surface area (Å²) in [5.74, 6) is 0.961. The number of anilines is 1. The maximum atomic E-state index is 12.1. The Morgan fingerprint density at radius 2 is 1.80 bits per heavy atom. The van der Waals surface area contributed by atoms with Crippen molar-refractivity contribution < 1.29 is 14.3 Å². The van der Waals surface area contributed by atoms with Crippen molar-refractivity contribution in [1.29, 1.82) is 0 Å². The summed E-state index contributed by atoms with van der Waals surface area (Å²) < 4.78 is 11.0. The van der Waals surface area contributed by atoms with Gasteiger partial charge in [-0.2, -0.15) is 0 Å². The molecule has 0 saturated heterocycles. The molecule has 0 aliphatic rings. The highest BCUT2D eigenvalue weighted by molar-refractivity contribution is 9.10. The van der Waals surface area contributed by atoms with Crippen LogP contribution in [0.2, 0.25) is 0 Å². The Labute approximate surface area is 125 Å². The van der Waals surface area contributed by atoms with Crippen LogP contribution in [0.4, 0.5) is 5.69 Å². The van der Waals surface area contributed by atoms with Crippen LogP contribution in [0.15, 0.2) is 41.1 Å². The molecule has 6 heteroatoms. The first-order valence-corrected chi connectivity index (χ1v) is 6.57. The van der Waals surface area contributed by atoms with E-state index in [1.54, 1.807) is 44.6 Å². The van der Waals surface area contributed by atoms with E-state index in [0.717, 1.165) is 0 Å². The first kappa shape index (κ1) is 14.3. The number of carbonyl (C=O) groups is 1. The van der Waals surface area contributed by atoms with Crippen molar-refractivity contribution in [2.75, 3.05) is 19.5 Å². The molecule has 0 spiro atoms. The number of nitrogens with zero attached hydrogens (tertiary/aromatic N) is 1. The van der Waals surface area contributed by atoms with Crippen molar-refractivity contribution in [3.63, 3.8) is 0 Å². The summed E-state index contributed by atoms with van der Waals surface area (Å²) in [6, 6.07) is 8.56. The van der Waals surface area contributed by atoms with Gasteiger partial charge in [0.2, 0.25) is 0 Å². The molecule has 0 atom stereocenters. The molecule has 0 fully saturated rings. The van der Waals surface area contributed by atoms with Crippen LogP contribution < -0.4 is 14.8 Å². The summed E-state index contributed by atoms with van der Waals surface area (Å²) in [4.78, 5) is 16.1. The zero-order chi connectivity index (χ0) is 14.5. The number of nitrogens with one attached hydrogen (secondary N) is 1. The predicted octanol–water partition coefficient (Wildman–Crippen LogP) is 3.11. The fourth-order valence-corrected chi connectivity index (χ4v) is 1.83. The zero-order valence-corrected chi connectivity index (χ0v) is 12.6. The molecular weight excluding hydrogens is 324 g/mol. The summed E-state index contributed by atoms with van der Waals surface area (Å²) in [6.45, 7) is 0. The number of benzene rings is 1. The molecule has 0 bridgehead atoms. The smallest absolute Gasteiger partial charge is 0.257 e. The van der Waals surface area contributed by atoms with Gasteiger partial charge in [-0.3, -0.25) is 4.79 Å². The predicted molar refractivity (Wildman–Crippen MR) is 79.4 cm³/mol. The lowest BCUT2D eigenvalue weighted by atomic mass is 10.2. The van der Waals surface area contributed by atoms with Crippen molar-refractivity contribution in [2.24, 2.45) is 0 Å². The van der Waals surface area contributed by atoms with E-state index in [1.165, 1.54) is 6.20 Å². The second-order valence-electron chi connectivity index (χ2n) is 3.93. The van der Waals surface area contributed by atoms with E-state index in [4.69, 9.17) is 9.47 Å². The fourth-order valence-electron chi connectivity index (χ4n) is 1.59. The molecular formula is C14H13BrN2O3. The van der Waals surface area contributed by atoms with E-state index in [2.05, 4.69) is 26.2 Å². The second-order valence-corrected chi connectivity index (χ2v) is 4.74. The Balaban J connectivity index is 2.20. The van der Waals surface area contributed by atoms with Gasteiger partial charge in [0.25, 0.3) is 5.91 Å². The van der Waals surface area contributed by atoms with Gasteiger partial charge in [0.15, 0.2) is 0 Å². The SMILES string of the molecule is COc1cc(NC(=O)c2ccc(Br)nc2)cc(OC)c1. The van der Waals surface area contributed by atoms with E-state index < -0.39 is 0 Å². The van der Waals surface area contributed by atoms with E-state index in [1.807, 2.05) is 0 Å². The van der Waals surface area contributed by atoms with Gasteiger partial charge >= 0.3 is 0 Å². The van der Waals surface area contributed by atoms with Crippen LogP contribution in [-0.2, 0) is 0 Å². The number of ether oxygens (including phenoxy) is 2. The first-order chi connectivity index (χ1) is 9.62. The van der Waals surface area contributed by atoms with Crippen molar-refractivity contribution >= 4 is 27.5 Å². The second kappa shape index (κ2) is 6.38. The zero-order valence-electron chi connectivity index (χ0n) is 11.0. The molecule has 1 aromatic carbocycles. The van der Waals surface area contributed by atoms with Crippen LogP contribution in [0.5, 0.6) is 11.5 Å². The minimum Gasteiger partial charge on any atom is -0.497 e. The molecule has 1 amide bonds. The number of hydrogen-bond acceptors (Lipinski definition) is 4. The number of hydrogen-bond donors (Lipinski definition) is 1. The third-order valence-electron chi connectivity index (χ3n) is 2.60. The van der Waals surface area contributed by atoms with E-state index >= 15 is 0 Å². The fraction of sp³-hybridized carbons (Fsp3) is 0.143. The first-order valence-electron chi connectivity index (χ1n) is 5.78. The molecule has 5 nitrogen and oxygen atoms in total. The maximum Gasteiger partial charge on any atom is 0.257 e. The molecule has 1 N–H and O–H groups in total. The van der Waals surface area contributed by atoms with E-state index in [-0.39, 0.29) is 5.91 Å². The molecule has 2 aromatic rings. The quantitative estimate of drug-likeness (QED) is 0.871. The lowest BCUT2D eigenvalue weighted by Crippen LogP contribution is -2.12. The molecule has 0 saturated carbocycles. The standard InChI is InChI=1S/C14H13BrN2O3/c1-19-11-5-10(6-12(7-11)20-2)17-14(18)9-3-4-13(15)16-8-9/h3-8H,1-2H3,(H,17,18). The van der Waals surface area contributed by atoms with Crippen molar-refractivity contribution in [3.8, 4) is 11.5 Å². The van der Waals surface area contributed by atoms with Gasteiger partial charge in [0, 0.05) is 30.1 Å². The molecule has 2 rings (SSSR count). The molecule has 0 radical (unpaired) electrons. The number of rotatable bonds is 4. The molecule has 0 unspecified atom stereocenters. The maximum absolute atomic E-state index is 12.1. The molecule has 104 valence electrons. The summed E-state index contributed by atoms with van der Waals surface area (Å²) >= 11 is 3.22.